The Labute approximate surface area is 306 Å². The highest BCUT2D eigenvalue weighted by molar-refractivity contribution is 9.10. The van der Waals surface area contributed by atoms with Crippen molar-refractivity contribution in [2.45, 2.75) is 36.2 Å². The molecule has 1 heterocycles. The summed E-state index contributed by atoms with van der Waals surface area (Å²) in [5.74, 6) is -0.191. The van der Waals surface area contributed by atoms with Crippen molar-refractivity contribution in [3.63, 3.8) is 0 Å². The molecular weight excluding hydrogens is 700 g/mol. The van der Waals surface area contributed by atoms with E-state index in [0.717, 1.165) is 49.6 Å². The molecule has 0 aliphatic carbocycles. The Bertz CT molecular complexity index is 1960. The fourth-order valence-corrected chi connectivity index (χ4v) is 8.38. The summed E-state index contributed by atoms with van der Waals surface area (Å²) in [6.45, 7) is 2.18. The minimum atomic E-state index is -1.13. The first-order valence-corrected chi connectivity index (χ1v) is 18.5. The number of halogens is 1. The summed E-state index contributed by atoms with van der Waals surface area (Å²) < 4.78 is 1.05. The normalized spacial score (nSPS) is 16.0. The SMILES string of the molecule is C[C@H](NC(c1ccccc1)c1cccc(CC2SC(=O)N(C(c3ccccc3)(c3ccccc3)c3ccccc3)C2=O)c1)c1ccc(Br)cc1. The van der Waals surface area contributed by atoms with Crippen LogP contribution >= 0.6 is 27.7 Å². The molecule has 6 aromatic carbocycles. The largest absolute Gasteiger partial charge is 0.300 e. The average molecular weight is 738 g/mol. The van der Waals surface area contributed by atoms with E-state index >= 15 is 0 Å². The van der Waals surface area contributed by atoms with E-state index in [1.54, 1.807) is 0 Å². The van der Waals surface area contributed by atoms with E-state index in [-0.39, 0.29) is 23.2 Å². The quantitative estimate of drug-likeness (QED) is 0.135. The van der Waals surface area contributed by atoms with E-state index in [2.05, 4.69) is 101 Å². The number of imide groups is 1. The third-order valence-electron chi connectivity index (χ3n) is 9.46. The molecule has 6 heteroatoms. The molecule has 1 fully saturated rings. The predicted molar refractivity (Wildman–Crippen MR) is 207 cm³/mol. The van der Waals surface area contributed by atoms with E-state index < -0.39 is 10.8 Å². The molecule has 248 valence electrons. The third-order valence-corrected chi connectivity index (χ3v) is 11.0. The summed E-state index contributed by atoms with van der Waals surface area (Å²) >= 11 is 4.68. The van der Waals surface area contributed by atoms with Crippen LogP contribution in [-0.4, -0.2) is 21.3 Å². The van der Waals surface area contributed by atoms with E-state index in [1.165, 1.54) is 10.5 Å². The number of nitrogens with zero attached hydrogens (tertiary/aromatic N) is 1. The van der Waals surface area contributed by atoms with Crippen LogP contribution in [0.5, 0.6) is 0 Å². The maximum Gasteiger partial charge on any atom is 0.290 e. The lowest BCUT2D eigenvalue weighted by Gasteiger charge is -2.42. The summed E-state index contributed by atoms with van der Waals surface area (Å²) in [7, 11) is 0. The molecule has 1 aliphatic rings. The van der Waals surface area contributed by atoms with E-state index in [4.69, 9.17) is 0 Å². The zero-order valence-corrected chi connectivity index (χ0v) is 30.1. The maximum atomic E-state index is 14.7. The van der Waals surface area contributed by atoms with Gasteiger partial charge in [-0.25, -0.2) is 0 Å². The first-order valence-electron chi connectivity index (χ1n) is 16.8. The highest BCUT2D eigenvalue weighted by atomic mass is 79.9. The molecule has 6 aromatic rings. The van der Waals surface area contributed by atoms with E-state index in [9.17, 15) is 9.59 Å². The minimum Gasteiger partial charge on any atom is -0.300 e. The van der Waals surface area contributed by atoms with Crippen molar-refractivity contribution in [2.75, 3.05) is 0 Å². The molecule has 0 radical (unpaired) electrons. The Morgan fingerprint density at radius 1 is 0.640 bits per heavy atom. The van der Waals surface area contributed by atoms with E-state index in [1.807, 2.05) is 97.1 Å². The molecule has 50 heavy (non-hydrogen) atoms. The molecular formula is C44H37BrN2O2S. The molecule has 2 unspecified atom stereocenters. The molecule has 4 nitrogen and oxygen atoms in total. The highest BCUT2D eigenvalue weighted by Gasteiger charge is 2.54. The molecule has 1 saturated heterocycles. The van der Waals surface area contributed by atoms with Crippen LogP contribution in [0.3, 0.4) is 0 Å². The number of carbonyl (C=O) groups is 2. The second-order valence-corrected chi connectivity index (χ2v) is 14.7. The maximum absolute atomic E-state index is 14.7. The van der Waals surface area contributed by atoms with Crippen LogP contribution in [0.2, 0.25) is 0 Å². The van der Waals surface area contributed by atoms with Gasteiger partial charge < -0.3 is 0 Å². The van der Waals surface area contributed by atoms with Crippen molar-refractivity contribution >= 4 is 38.8 Å². The Kier molecular flexibility index (Phi) is 10.1. The van der Waals surface area contributed by atoms with E-state index in [0.29, 0.717) is 6.42 Å². The van der Waals surface area contributed by atoms with Gasteiger partial charge in [0.05, 0.1) is 11.3 Å². The number of rotatable bonds is 11. The Morgan fingerprint density at radius 3 is 1.68 bits per heavy atom. The summed E-state index contributed by atoms with van der Waals surface area (Å²) in [5, 5.41) is 3.03. The van der Waals surface area contributed by atoms with Crippen LogP contribution in [0.15, 0.2) is 174 Å². The second-order valence-electron chi connectivity index (χ2n) is 12.6. The lowest BCUT2D eigenvalue weighted by molar-refractivity contribution is -0.129. The van der Waals surface area contributed by atoms with Gasteiger partial charge in [-0.3, -0.25) is 19.8 Å². The first kappa shape index (κ1) is 33.7. The Hall–Kier alpha value is -4.75. The van der Waals surface area contributed by atoms with Crippen LogP contribution in [0.1, 0.15) is 58.0 Å². The van der Waals surface area contributed by atoms with Gasteiger partial charge >= 0.3 is 0 Å². The molecule has 0 saturated carbocycles. The number of hydrogen-bond acceptors (Lipinski definition) is 4. The summed E-state index contributed by atoms with van der Waals surface area (Å²) in [4.78, 5) is 30.5. The van der Waals surface area contributed by atoms with Crippen molar-refractivity contribution in [3.05, 3.63) is 213 Å². The van der Waals surface area contributed by atoms with Gasteiger partial charge in [-0.2, -0.15) is 0 Å². The molecule has 7 rings (SSSR count). The molecule has 0 spiro atoms. The molecule has 1 aliphatic heterocycles. The smallest absolute Gasteiger partial charge is 0.290 e. The molecule has 2 amide bonds. The number of thioether (sulfide) groups is 1. The van der Waals surface area contributed by atoms with Gasteiger partial charge in [-0.15, -0.1) is 0 Å². The predicted octanol–water partition coefficient (Wildman–Crippen LogP) is 10.5. The summed E-state index contributed by atoms with van der Waals surface area (Å²) in [6.07, 6.45) is 0.428. The van der Waals surface area contributed by atoms with Crippen LogP contribution in [-0.2, 0) is 16.8 Å². The van der Waals surface area contributed by atoms with Crippen LogP contribution in [0, 0.1) is 0 Å². The lowest BCUT2D eigenvalue weighted by Crippen LogP contribution is -2.51. The number of carbonyl (C=O) groups excluding carboxylic acids is 2. The summed E-state index contributed by atoms with van der Waals surface area (Å²) in [6, 6.07) is 57.0. The van der Waals surface area contributed by atoms with Gasteiger partial charge in [0.15, 0.2) is 0 Å². The van der Waals surface area contributed by atoms with Gasteiger partial charge in [0.25, 0.3) is 5.24 Å². The highest BCUT2D eigenvalue weighted by Crippen LogP contribution is 2.48. The fraction of sp³-hybridized carbons (Fsp3) is 0.136. The Morgan fingerprint density at radius 2 is 1.14 bits per heavy atom. The number of hydrogen-bond donors (Lipinski definition) is 1. The van der Waals surface area contributed by atoms with Crippen molar-refractivity contribution in [1.29, 1.82) is 0 Å². The van der Waals surface area contributed by atoms with Gasteiger partial charge in [-0.05, 0) is 64.4 Å². The molecule has 1 N–H and O–H groups in total. The van der Waals surface area contributed by atoms with Crippen molar-refractivity contribution < 1.29 is 9.59 Å². The third kappa shape index (κ3) is 6.71. The van der Waals surface area contributed by atoms with Crippen molar-refractivity contribution in [1.82, 2.24) is 10.2 Å². The van der Waals surface area contributed by atoms with Crippen LogP contribution in [0.25, 0.3) is 0 Å². The number of benzene rings is 6. The lowest BCUT2D eigenvalue weighted by atomic mass is 9.75. The van der Waals surface area contributed by atoms with Gasteiger partial charge in [0, 0.05) is 10.5 Å². The van der Waals surface area contributed by atoms with Gasteiger partial charge in [0.2, 0.25) is 5.91 Å². The minimum absolute atomic E-state index is 0.0807. The van der Waals surface area contributed by atoms with Crippen LogP contribution in [0.4, 0.5) is 4.79 Å². The monoisotopic (exact) mass is 736 g/mol. The number of nitrogens with one attached hydrogen (secondary N) is 1. The number of amides is 2. The topological polar surface area (TPSA) is 49.4 Å². The Balaban J connectivity index is 1.23. The second kappa shape index (κ2) is 15.0. The standard InChI is InChI=1S/C44H37BrN2O2S/c1-31(33-25-27-39(45)28-26-33)46-41(34-16-6-2-7-17-34)35-18-14-15-32(29-35)30-40-42(48)47(43(49)50-40)44(36-19-8-3-9-20-36,37-21-10-4-11-22-37)38-23-12-5-13-24-38/h2-29,31,40-41,46H,30H2,1H3/t31-,40?,41?/m0/s1. The van der Waals surface area contributed by atoms with Gasteiger partial charge in [-0.1, -0.05) is 185 Å². The van der Waals surface area contributed by atoms with Gasteiger partial charge in [0.1, 0.15) is 5.54 Å². The van der Waals surface area contributed by atoms with Crippen molar-refractivity contribution in [3.8, 4) is 0 Å². The molecule has 0 aromatic heterocycles. The van der Waals surface area contributed by atoms with Crippen LogP contribution < -0.4 is 5.32 Å². The molecule has 0 bridgehead atoms. The fourth-order valence-electron chi connectivity index (χ4n) is 7.06. The summed E-state index contributed by atoms with van der Waals surface area (Å²) in [5.41, 5.74) is 5.90. The zero-order chi connectivity index (χ0) is 34.5. The molecule has 3 atom stereocenters. The first-order chi connectivity index (χ1) is 24.4. The van der Waals surface area contributed by atoms with Crippen molar-refractivity contribution in [2.24, 2.45) is 0 Å². The zero-order valence-electron chi connectivity index (χ0n) is 27.7. The average Bonchev–Trinajstić information content (AvgIpc) is 3.44.